The minimum Gasteiger partial charge on any atom is -0.436 e. The molecule has 37 heteroatoms. The zero-order valence-electron chi connectivity index (χ0n) is 55.8. The third-order valence-electron chi connectivity index (χ3n) is 15.4. The molecule has 1 aromatic carbocycles. The van der Waals surface area contributed by atoms with Crippen molar-refractivity contribution in [3.63, 3.8) is 0 Å². The van der Waals surface area contributed by atoms with Gasteiger partial charge in [-0.15, -0.1) is 0 Å². The van der Waals surface area contributed by atoms with E-state index >= 15 is 0 Å². The Balaban J connectivity index is 1.35. The van der Waals surface area contributed by atoms with Gasteiger partial charge < -0.3 is 134 Å². The molecule has 17 atom stereocenters. The van der Waals surface area contributed by atoms with Gasteiger partial charge in [0.15, 0.2) is 12.6 Å². The van der Waals surface area contributed by atoms with Crippen LogP contribution in [0.1, 0.15) is 59.9 Å². The summed E-state index contributed by atoms with van der Waals surface area (Å²) < 4.78 is 81.2. The molecule has 97 heavy (non-hydrogen) atoms. The third kappa shape index (κ3) is 30.0. The van der Waals surface area contributed by atoms with Crippen LogP contribution in [-0.2, 0) is 91.9 Å². The second-order valence-electron chi connectivity index (χ2n) is 24.1. The van der Waals surface area contributed by atoms with Gasteiger partial charge in [-0.25, -0.2) is 0 Å². The molecule has 0 bridgehead atoms. The fourth-order valence-corrected chi connectivity index (χ4v) is 11.1. The van der Waals surface area contributed by atoms with Crippen molar-refractivity contribution in [2.24, 2.45) is 0 Å². The molecule has 3 aliphatic rings. The molecule has 0 saturated carbocycles. The number of ether oxygens (including phenoxy) is 11. The van der Waals surface area contributed by atoms with Gasteiger partial charge in [-0.1, -0.05) is 24.4 Å². The molecule has 3 heterocycles. The smallest absolute Gasteiger partial charge is 0.305 e. The second kappa shape index (κ2) is 44.7. The van der Waals surface area contributed by atoms with Crippen LogP contribution in [-0.4, -0.2) is 334 Å². The average molecular weight is 1430 g/mol. The highest BCUT2D eigenvalue weighted by atomic mass is 32.7. The van der Waals surface area contributed by atoms with E-state index in [-0.39, 0.29) is 124 Å². The summed E-state index contributed by atoms with van der Waals surface area (Å²) in [6.07, 6.45) is -14.4. The molecule has 0 aliphatic carbocycles. The molecule has 558 valence electrons. The number of nitrogens with zero attached hydrogens (tertiary/aromatic N) is 1. The van der Waals surface area contributed by atoms with E-state index in [1.807, 2.05) is 0 Å². The quantitative estimate of drug-likeness (QED) is 0.0164. The Morgan fingerprint density at radius 2 is 0.887 bits per heavy atom. The number of carbonyl (C=O) groups is 6. The summed E-state index contributed by atoms with van der Waals surface area (Å²) in [5, 5.41) is 106. The van der Waals surface area contributed by atoms with Crippen molar-refractivity contribution in [3.8, 4) is 5.75 Å². The lowest BCUT2D eigenvalue weighted by molar-refractivity contribution is -0.272. The molecule has 15 N–H and O–H groups in total. The van der Waals surface area contributed by atoms with Gasteiger partial charge in [0, 0.05) is 47.0 Å². The predicted molar refractivity (Wildman–Crippen MR) is 344 cm³/mol. The van der Waals surface area contributed by atoms with E-state index in [1.54, 1.807) is 45.0 Å². The van der Waals surface area contributed by atoms with Crippen molar-refractivity contribution in [2.45, 2.75) is 164 Å². The Morgan fingerprint density at radius 3 is 1.30 bits per heavy atom. The molecule has 17 unspecified atom stereocenters. The Morgan fingerprint density at radius 1 is 0.515 bits per heavy atom. The van der Waals surface area contributed by atoms with Crippen molar-refractivity contribution in [1.29, 1.82) is 0 Å². The first kappa shape index (κ1) is 85.0. The van der Waals surface area contributed by atoms with Crippen LogP contribution in [0.25, 0.3) is 0 Å². The summed E-state index contributed by atoms with van der Waals surface area (Å²) in [7, 11) is 0. The predicted octanol–water partition coefficient (Wildman–Crippen LogP) is -5.66. The number of aliphatic hydroxyl groups excluding tert-OH is 9. The van der Waals surface area contributed by atoms with Crippen LogP contribution < -0.4 is 36.4 Å². The highest BCUT2D eigenvalue weighted by molar-refractivity contribution is 8.46. The summed E-state index contributed by atoms with van der Waals surface area (Å²) in [5.74, 6) is -2.92. The molecule has 0 radical (unpaired) electrons. The number of benzene rings is 1. The fourth-order valence-electron chi connectivity index (χ4n) is 10.1. The lowest BCUT2D eigenvalue weighted by Gasteiger charge is -2.42. The van der Waals surface area contributed by atoms with Crippen LogP contribution in [0.4, 0.5) is 0 Å². The minimum atomic E-state index is -3.45. The summed E-state index contributed by atoms with van der Waals surface area (Å²) in [5.41, 5.74) is 0.569. The first-order chi connectivity index (χ1) is 46.1. The molecule has 3 aliphatic heterocycles. The molecule has 3 fully saturated rings. The molecule has 0 aromatic heterocycles. The Labute approximate surface area is 569 Å². The third-order valence-corrected chi connectivity index (χ3v) is 19.6. The number of carbonyl (C=O) groups excluding carboxylic acids is 6. The van der Waals surface area contributed by atoms with Crippen molar-refractivity contribution >= 4 is 54.3 Å². The number of aliphatic hydroxyl groups is 9. The van der Waals surface area contributed by atoms with E-state index < -0.39 is 178 Å². The van der Waals surface area contributed by atoms with Crippen molar-refractivity contribution in [1.82, 2.24) is 36.8 Å². The van der Waals surface area contributed by atoms with Crippen LogP contribution in [0, 0.1) is 0 Å². The van der Waals surface area contributed by atoms with Gasteiger partial charge in [0.25, 0.3) is 0 Å². The molecular weight excluding hydrogens is 1330 g/mol. The summed E-state index contributed by atoms with van der Waals surface area (Å²) in [4.78, 5) is 78.7. The number of nitrogens with one attached hydrogen (secondary N) is 6. The number of rotatable bonds is 46. The van der Waals surface area contributed by atoms with E-state index in [2.05, 4.69) is 44.1 Å². The molecule has 3 saturated heterocycles. The van der Waals surface area contributed by atoms with Crippen LogP contribution in [0.5, 0.6) is 5.75 Å². The zero-order valence-corrected chi connectivity index (χ0v) is 57.6. The Hall–Kier alpha value is -4.42. The largest absolute Gasteiger partial charge is 0.436 e. The Kier molecular flexibility index (Phi) is 39.2. The summed E-state index contributed by atoms with van der Waals surface area (Å²) in [6, 6.07) is 2.10. The standard InChI is InChI=1S/C60H104N7O28PS/c1-36(71)64-48-42(92-43(33-68)51(76)54(48)79)8-7-16-84-20-21-87-19-15-63-57(82)41(30-39-9-11-40(12-10-39)95-96(83,97)60(4,5)6)67(31-46(74)61-13-17-85-22-24-88-26-28-90-58-49(65-37(2)72)55(80)52(77)44(34-69)93-58)32-47(75)62-14-18-86-23-25-89-27-29-91-59-50(66-38(3)73)56(81)53(78)45(35-70)94-59/h9-12,41-45,48-56,58-59,68-70,76-81H,7-8,13-35H2,1-6H3,(H,61,74)(H,62,75)(H,63,82)(H,64,71)(H,65,72)(H,66,73)(H,83,97). The van der Waals surface area contributed by atoms with E-state index in [1.165, 1.54) is 25.7 Å². The van der Waals surface area contributed by atoms with Crippen molar-refractivity contribution in [2.75, 3.05) is 145 Å². The van der Waals surface area contributed by atoms with E-state index in [4.69, 9.17) is 56.6 Å². The van der Waals surface area contributed by atoms with Crippen LogP contribution in [0.3, 0.4) is 0 Å². The van der Waals surface area contributed by atoms with E-state index in [0.29, 0.717) is 18.4 Å². The number of thiol groups is 1. The maximum Gasteiger partial charge on any atom is 0.305 e. The SMILES string of the molecule is CC(=O)NC1C(CCCOCCOCCNC(=O)C(Cc2ccc(OP(=O)(S)C(C)(C)C)cc2)N(CC(=O)NCCOCCOCCOC2OC(CO)C(O)C(O)C2NC(C)=O)CC(=O)NCCOCCOCCOC2OC(CO)C(O)C(O)C2NC(C)=O)OC(CO)C(O)C1O. The lowest BCUT2D eigenvalue weighted by Crippen LogP contribution is -2.64. The summed E-state index contributed by atoms with van der Waals surface area (Å²) in [6.45, 7) is 3.60. The van der Waals surface area contributed by atoms with Crippen molar-refractivity contribution < 1.29 is 136 Å². The fraction of sp³-hybridized carbons (Fsp3) is 0.800. The number of hydrogen-bond donors (Lipinski definition) is 16. The van der Waals surface area contributed by atoms with Crippen LogP contribution in [0.15, 0.2) is 24.3 Å². The first-order valence-electron chi connectivity index (χ1n) is 32.2. The molecular formula is C60H104N7O28PS. The maximum absolute atomic E-state index is 14.4. The number of amides is 6. The summed E-state index contributed by atoms with van der Waals surface area (Å²) >= 11 is 4.32. The second-order valence-corrected chi connectivity index (χ2v) is 28.2. The highest BCUT2D eigenvalue weighted by Gasteiger charge is 2.48. The topological polar surface area (TPSA) is 488 Å². The van der Waals surface area contributed by atoms with E-state index in [0.717, 1.165) is 0 Å². The lowest BCUT2D eigenvalue weighted by atomic mass is 9.90. The normalized spacial score (nSPS) is 26.9. The van der Waals surface area contributed by atoms with Crippen LogP contribution in [0.2, 0.25) is 0 Å². The zero-order chi connectivity index (χ0) is 71.7. The molecule has 1 aromatic rings. The van der Waals surface area contributed by atoms with Gasteiger partial charge in [-0.2, -0.15) is 0 Å². The highest BCUT2D eigenvalue weighted by Crippen LogP contribution is 2.62. The van der Waals surface area contributed by atoms with Gasteiger partial charge in [0.05, 0.1) is 142 Å². The Bertz CT molecular complexity index is 2450. The van der Waals surface area contributed by atoms with Crippen LogP contribution >= 0.6 is 18.8 Å². The van der Waals surface area contributed by atoms with Gasteiger partial charge in [-0.05, 0) is 57.7 Å². The van der Waals surface area contributed by atoms with Crippen molar-refractivity contribution in [3.05, 3.63) is 29.8 Å². The van der Waals surface area contributed by atoms with Gasteiger partial charge in [0.1, 0.15) is 72.8 Å². The average Bonchev–Trinajstić information content (AvgIpc) is 0.841. The van der Waals surface area contributed by atoms with E-state index in [9.17, 15) is 79.3 Å². The monoisotopic (exact) mass is 1430 g/mol. The first-order valence-corrected chi connectivity index (χ1v) is 34.9. The molecule has 35 nitrogen and oxygen atoms in total. The van der Waals surface area contributed by atoms with Gasteiger partial charge >= 0.3 is 6.57 Å². The maximum atomic E-state index is 14.4. The molecule has 6 amide bonds. The minimum absolute atomic E-state index is 0.00511. The molecule has 4 rings (SSSR count). The van der Waals surface area contributed by atoms with Gasteiger partial charge in [0.2, 0.25) is 35.4 Å². The molecule has 0 spiro atoms. The number of hydrogen-bond acceptors (Lipinski definition) is 29. The van der Waals surface area contributed by atoms with Gasteiger partial charge in [-0.3, -0.25) is 38.2 Å².